The van der Waals surface area contributed by atoms with Crippen molar-refractivity contribution in [3.8, 4) is 0 Å². The van der Waals surface area contributed by atoms with Gasteiger partial charge in [0.2, 0.25) is 0 Å². The minimum absolute atomic E-state index is 0.773. The van der Waals surface area contributed by atoms with E-state index >= 15 is 0 Å². The van der Waals surface area contributed by atoms with Crippen molar-refractivity contribution in [3.63, 3.8) is 0 Å². The first kappa shape index (κ1) is 14.5. The fraction of sp³-hybridized carbons (Fsp3) is 0.667. The molecule has 1 radical (unpaired) electrons. The molecule has 0 spiro atoms. The SMILES string of the molecule is CC=CCCC(C)=CCCC(C)[CH]CC. The fourth-order valence-electron chi connectivity index (χ4n) is 1.69. The zero-order valence-electron chi connectivity index (χ0n) is 10.9. The number of hydrogen-bond donors (Lipinski definition) is 0. The highest BCUT2D eigenvalue weighted by atomic mass is 14.0. The van der Waals surface area contributed by atoms with E-state index in [2.05, 4.69) is 52.3 Å². The fourth-order valence-corrected chi connectivity index (χ4v) is 1.69. The maximum atomic E-state index is 2.41. The molecule has 0 saturated heterocycles. The van der Waals surface area contributed by atoms with Crippen molar-refractivity contribution >= 4 is 0 Å². The van der Waals surface area contributed by atoms with Gasteiger partial charge >= 0.3 is 0 Å². The van der Waals surface area contributed by atoms with E-state index in [0.29, 0.717) is 0 Å². The Morgan fingerprint density at radius 3 is 2.60 bits per heavy atom. The van der Waals surface area contributed by atoms with Crippen LogP contribution in [0.15, 0.2) is 23.8 Å². The molecule has 1 unspecified atom stereocenters. The molecule has 0 aromatic heterocycles. The van der Waals surface area contributed by atoms with Crippen LogP contribution < -0.4 is 0 Å². The van der Waals surface area contributed by atoms with Crippen molar-refractivity contribution in [2.45, 2.75) is 59.8 Å². The Hall–Kier alpha value is -0.520. The van der Waals surface area contributed by atoms with Gasteiger partial charge in [-0.15, -0.1) is 0 Å². The summed E-state index contributed by atoms with van der Waals surface area (Å²) in [6.07, 6.45) is 15.3. The number of allylic oxidation sites excluding steroid dienone is 4. The molecule has 0 rings (SSSR count). The highest BCUT2D eigenvalue weighted by Crippen LogP contribution is 2.13. The highest BCUT2D eigenvalue weighted by molar-refractivity contribution is 5.00. The molecular formula is C15H27. The predicted molar refractivity (Wildman–Crippen MR) is 70.8 cm³/mol. The molecule has 0 aliphatic heterocycles. The van der Waals surface area contributed by atoms with E-state index in [0.717, 1.165) is 5.92 Å². The molecule has 0 amide bonds. The molecule has 0 aliphatic rings. The Balaban J connectivity index is 3.57. The second-order valence-corrected chi connectivity index (χ2v) is 4.36. The summed E-state index contributed by atoms with van der Waals surface area (Å²) in [4.78, 5) is 0. The smallest absolute Gasteiger partial charge is 0.0288 e. The summed E-state index contributed by atoms with van der Waals surface area (Å²) >= 11 is 0. The molecule has 0 nitrogen and oxygen atoms in total. The molecular weight excluding hydrogens is 180 g/mol. The zero-order valence-corrected chi connectivity index (χ0v) is 10.9. The minimum atomic E-state index is 0.773. The zero-order chi connectivity index (χ0) is 11.5. The summed E-state index contributed by atoms with van der Waals surface area (Å²) in [6, 6.07) is 0. The summed E-state index contributed by atoms with van der Waals surface area (Å²) < 4.78 is 0. The average molecular weight is 207 g/mol. The third kappa shape index (κ3) is 9.78. The predicted octanol–water partition coefficient (Wildman–Crippen LogP) is 5.32. The summed E-state index contributed by atoms with van der Waals surface area (Å²) in [7, 11) is 0. The number of hydrogen-bond acceptors (Lipinski definition) is 0. The van der Waals surface area contributed by atoms with E-state index < -0.39 is 0 Å². The van der Waals surface area contributed by atoms with Gasteiger partial charge in [0, 0.05) is 0 Å². The molecule has 0 heteroatoms. The highest BCUT2D eigenvalue weighted by Gasteiger charge is 1.98. The lowest BCUT2D eigenvalue weighted by Crippen LogP contribution is -1.93. The van der Waals surface area contributed by atoms with Gasteiger partial charge in [0.05, 0.1) is 0 Å². The first-order chi connectivity index (χ1) is 7.20. The Morgan fingerprint density at radius 2 is 2.00 bits per heavy atom. The molecule has 0 aromatic rings. The average Bonchev–Trinajstić information content (AvgIpc) is 2.18. The standard InChI is InChI=1S/C15H27/c1-5-7-8-11-15(4)13-9-12-14(3)10-6-2/h5,7,10,13-14H,6,8-9,11-12H2,1-4H3. The van der Waals surface area contributed by atoms with Crippen LogP contribution in [0, 0.1) is 12.3 Å². The van der Waals surface area contributed by atoms with E-state index in [4.69, 9.17) is 0 Å². The van der Waals surface area contributed by atoms with Crippen LogP contribution >= 0.6 is 0 Å². The molecule has 0 N–H and O–H groups in total. The lowest BCUT2D eigenvalue weighted by molar-refractivity contribution is 0.594. The van der Waals surface area contributed by atoms with Crippen LogP contribution in [0.3, 0.4) is 0 Å². The van der Waals surface area contributed by atoms with Gasteiger partial charge in [-0.25, -0.2) is 0 Å². The van der Waals surface area contributed by atoms with Crippen LogP contribution in [0.1, 0.15) is 59.8 Å². The lowest BCUT2D eigenvalue weighted by atomic mass is 9.99. The Kier molecular flexibility index (Phi) is 9.67. The van der Waals surface area contributed by atoms with Gasteiger partial charge in [0.15, 0.2) is 0 Å². The maximum absolute atomic E-state index is 2.41. The van der Waals surface area contributed by atoms with E-state index in [1.807, 2.05) is 0 Å². The van der Waals surface area contributed by atoms with Crippen LogP contribution in [0.5, 0.6) is 0 Å². The van der Waals surface area contributed by atoms with Crippen LogP contribution in [0.25, 0.3) is 0 Å². The molecule has 0 aliphatic carbocycles. The Labute approximate surface area is 96.5 Å². The van der Waals surface area contributed by atoms with Gasteiger partial charge in [-0.2, -0.15) is 0 Å². The van der Waals surface area contributed by atoms with Gasteiger partial charge < -0.3 is 0 Å². The van der Waals surface area contributed by atoms with Crippen molar-refractivity contribution in [3.05, 3.63) is 30.2 Å². The van der Waals surface area contributed by atoms with E-state index in [1.165, 1.54) is 37.7 Å². The lowest BCUT2D eigenvalue weighted by Gasteiger charge is -2.07. The van der Waals surface area contributed by atoms with Gasteiger partial charge in [0.25, 0.3) is 0 Å². The summed E-state index contributed by atoms with van der Waals surface area (Å²) in [5.41, 5.74) is 1.54. The molecule has 0 aromatic carbocycles. The van der Waals surface area contributed by atoms with Crippen molar-refractivity contribution in [2.24, 2.45) is 5.92 Å². The van der Waals surface area contributed by atoms with E-state index in [-0.39, 0.29) is 0 Å². The number of rotatable bonds is 8. The molecule has 0 saturated carbocycles. The summed E-state index contributed by atoms with van der Waals surface area (Å²) in [5, 5.41) is 0. The molecule has 15 heavy (non-hydrogen) atoms. The van der Waals surface area contributed by atoms with Crippen LogP contribution in [-0.2, 0) is 0 Å². The van der Waals surface area contributed by atoms with Gasteiger partial charge in [0.1, 0.15) is 0 Å². The van der Waals surface area contributed by atoms with E-state index in [1.54, 1.807) is 0 Å². The Morgan fingerprint density at radius 1 is 1.27 bits per heavy atom. The van der Waals surface area contributed by atoms with Crippen molar-refractivity contribution in [2.75, 3.05) is 0 Å². The topological polar surface area (TPSA) is 0 Å². The first-order valence-corrected chi connectivity index (χ1v) is 6.30. The van der Waals surface area contributed by atoms with Gasteiger partial charge in [-0.05, 0) is 51.9 Å². The molecule has 87 valence electrons. The largest absolute Gasteiger partial charge is 0.0917 e. The maximum Gasteiger partial charge on any atom is -0.0288 e. The molecule has 1 atom stereocenters. The monoisotopic (exact) mass is 207 g/mol. The minimum Gasteiger partial charge on any atom is -0.0917 e. The molecule has 0 fully saturated rings. The van der Waals surface area contributed by atoms with E-state index in [9.17, 15) is 0 Å². The van der Waals surface area contributed by atoms with Gasteiger partial charge in [-0.3, -0.25) is 0 Å². The molecule has 0 heterocycles. The first-order valence-electron chi connectivity index (χ1n) is 6.30. The second kappa shape index (κ2) is 10.0. The second-order valence-electron chi connectivity index (χ2n) is 4.36. The normalized spacial score (nSPS) is 14.8. The van der Waals surface area contributed by atoms with Gasteiger partial charge in [-0.1, -0.05) is 44.1 Å². The summed E-state index contributed by atoms with van der Waals surface area (Å²) in [5.74, 6) is 0.773. The molecule has 0 bridgehead atoms. The quantitative estimate of drug-likeness (QED) is 0.472. The third-order valence-corrected chi connectivity index (χ3v) is 2.69. The van der Waals surface area contributed by atoms with Crippen molar-refractivity contribution in [1.29, 1.82) is 0 Å². The van der Waals surface area contributed by atoms with Crippen LogP contribution in [0.4, 0.5) is 0 Å². The van der Waals surface area contributed by atoms with Crippen LogP contribution in [0.2, 0.25) is 0 Å². The van der Waals surface area contributed by atoms with Crippen LogP contribution in [-0.4, -0.2) is 0 Å². The van der Waals surface area contributed by atoms with Crippen molar-refractivity contribution < 1.29 is 0 Å². The summed E-state index contributed by atoms with van der Waals surface area (Å²) in [6.45, 7) is 8.86. The van der Waals surface area contributed by atoms with Crippen molar-refractivity contribution in [1.82, 2.24) is 0 Å². The third-order valence-electron chi connectivity index (χ3n) is 2.69. The Bertz CT molecular complexity index is 186.